The van der Waals surface area contributed by atoms with Crippen molar-refractivity contribution in [2.45, 2.75) is 70.9 Å². The molecule has 2 aliphatic carbocycles. The molecule has 2 aliphatic rings. The highest BCUT2D eigenvalue weighted by atomic mass is 16.5. The Labute approximate surface area is 105 Å². The van der Waals surface area contributed by atoms with Crippen molar-refractivity contribution in [2.75, 3.05) is 6.61 Å². The van der Waals surface area contributed by atoms with E-state index in [2.05, 4.69) is 18.8 Å². The van der Waals surface area contributed by atoms with Crippen LogP contribution in [-0.4, -0.2) is 24.1 Å². The molecule has 2 fully saturated rings. The van der Waals surface area contributed by atoms with Crippen molar-refractivity contribution in [2.24, 2.45) is 16.1 Å². The Morgan fingerprint density at radius 1 is 1.24 bits per heavy atom. The Balaban J connectivity index is 2.09. The van der Waals surface area contributed by atoms with Gasteiger partial charge in [0, 0.05) is 6.61 Å². The molecular formula is C14H26N2O. The average Bonchev–Trinajstić information content (AvgIpc) is 3.06. The van der Waals surface area contributed by atoms with Crippen LogP contribution < -0.4 is 5.73 Å². The highest BCUT2D eigenvalue weighted by Crippen LogP contribution is 2.42. The first-order valence-electron chi connectivity index (χ1n) is 6.95. The summed E-state index contributed by atoms with van der Waals surface area (Å²) in [5.74, 6) is 0.761. The smallest absolute Gasteiger partial charge is 0.127 e. The molecule has 2 rings (SSSR count). The van der Waals surface area contributed by atoms with E-state index >= 15 is 0 Å². The van der Waals surface area contributed by atoms with E-state index in [1.165, 1.54) is 25.7 Å². The lowest BCUT2D eigenvalue weighted by atomic mass is 9.70. The second-order valence-corrected chi connectivity index (χ2v) is 6.34. The standard InChI is InChI=1S/C14H26N2O/c1-4-17-14(12(15)16-11-5-6-11)9-7-13(2,3)8-10-14/h11H,4-10H2,1-3H3,(H2,15,16). The van der Waals surface area contributed by atoms with Crippen molar-refractivity contribution in [1.29, 1.82) is 0 Å². The Morgan fingerprint density at radius 3 is 2.29 bits per heavy atom. The maximum Gasteiger partial charge on any atom is 0.127 e. The summed E-state index contributed by atoms with van der Waals surface area (Å²) in [6.45, 7) is 7.43. The van der Waals surface area contributed by atoms with Crippen LogP contribution in [0, 0.1) is 5.41 Å². The summed E-state index contributed by atoms with van der Waals surface area (Å²) in [4.78, 5) is 4.62. The van der Waals surface area contributed by atoms with Crippen molar-refractivity contribution < 1.29 is 4.74 Å². The van der Waals surface area contributed by atoms with E-state index in [1.54, 1.807) is 0 Å². The first kappa shape index (κ1) is 12.9. The molecule has 0 saturated heterocycles. The molecule has 0 unspecified atom stereocenters. The van der Waals surface area contributed by atoms with Crippen LogP contribution in [0.4, 0.5) is 0 Å². The molecule has 0 aromatic heterocycles. The van der Waals surface area contributed by atoms with Gasteiger partial charge in [-0.05, 0) is 50.9 Å². The Morgan fingerprint density at radius 2 is 1.82 bits per heavy atom. The fraction of sp³-hybridized carbons (Fsp3) is 0.929. The maximum absolute atomic E-state index is 6.22. The molecule has 17 heavy (non-hydrogen) atoms. The van der Waals surface area contributed by atoms with Gasteiger partial charge in [-0.3, -0.25) is 4.99 Å². The minimum Gasteiger partial charge on any atom is -0.385 e. The number of rotatable bonds is 4. The van der Waals surface area contributed by atoms with Crippen molar-refractivity contribution >= 4 is 5.84 Å². The second-order valence-electron chi connectivity index (χ2n) is 6.34. The van der Waals surface area contributed by atoms with Gasteiger partial charge in [0.15, 0.2) is 0 Å². The zero-order valence-corrected chi connectivity index (χ0v) is 11.5. The predicted octanol–water partition coefficient (Wildman–Crippen LogP) is 2.88. The molecule has 2 saturated carbocycles. The number of hydrogen-bond donors (Lipinski definition) is 1. The van der Waals surface area contributed by atoms with Crippen molar-refractivity contribution in [1.82, 2.24) is 0 Å². The Hall–Kier alpha value is -0.570. The van der Waals surface area contributed by atoms with Crippen molar-refractivity contribution in [3.05, 3.63) is 0 Å². The molecule has 0 aromatic rings. The van der Waals surface area contributed by atoms with Gasteiger partial charge in [-0.15, -0.1) is 0 Å². The summed E-state index contributed by atoms with van der Waals surface area (Å²) in [5, 5.41) is 0. The molecule has 3 heteroatoms. The van der Waals surface area contributed by atoms with E-state index in [1.807, 2.05) is 6.92 Å². The van der Waals surface area contributed by atoms with Gasteiger partial charge in [-0.1, -0.05) is 13.8 Å². The van der Waals surface area contributed by atoms with Gasteiger partial charge in [0.2, 0.25) is 0 Å². The summed E-state index contributed by atoms with van der Waals surface area (Å²) in [7, 11) is 0. The second kappa shape index (κ2) is 4.60. The van der Waals surface area contributed by atoms with Crippen LogP contribution in [0.2, 0.25) is 0 Å². The van der Waals surface area contributed by atoms with Crippen LogP contribution in [-0.2, 0) is 4.74 Å². The number of aliphatic imine (C=N–C) groups is 1. The van der Waals surface area contributed by atoms with E-state index in [9.17, 15) is 0 Å². The van der Waals surface area contributed by atoms with E-state index < -0.39 is 0 Å². The van der Waals surface area contributed by atoms with Crippen molar-refractivity contribution in [3.8, 4) is 0 Å². The van der Waals surface area contributed by atoms with Gasteiger partial charge < -0.3 is 10.5 Å². The molecule has 0 heterocycles. The molecule has 0 atom stereocenters. The zero-order valence-electron chi connectivity index (χ0n) is 11.5. The third-order valence-corrected chi connectivity index (χ3v) is 4.17. The van der Waals surface area contributed by atoms with E-state index in [0.717, 1.165) is 25.3 Å². The molecule has 0 bridgehead atoms. The summed E-state index contributed by atoms with van der Waals surface area (Å²) in [5.41, 5.74) is 6.40. The lowest BCUT2D eigenvalue weighted by molar-refractivity contribution is -0.0341. The number of ether oxygens (including phenoxy) is 1. The van der Waals surface area contributed by atoms with Gasteiger partial charge in [-0.25, -0.2) is 0 Å². The van der Waals surface area contributed by atoms with E-state index in [0.29, 0.717) is 11.5 Å². The number of nitrogens with two attached hydrogens (primary N) is 1. The first-order chi connectivity index (χ1) is 7.97. The number of nitrogens with zero attached hydrogens (tertiary/aromatic N) is 1. The van der Waals surface area contributed by atoms with Crippen LogP contribution >= 0.6 is 0 Å². The molecule has 0 amide bonds. The quantitative estimate of drug-likeness (QED) is 0.604. The molecular weight excluding hydrogens is 212 g/mol. The molecule has 0 radical (unpaired) electrons. The average molecular weight is 238 g/mol. The Bertz CT molecular complexity index is 295. The van der Waals surface area contributed by atoms with Crippen LogP contribution in [0.1, 0.15) is 59.3 Å². The van der Waals surface area contributed by atoms with Gasteiger partial charge in [-0.2, -0.15) is 0 Å². The summed E-state index contributed by atoms with van der Waals surface area (Å²) >= 11 is 0. The fourth-order valence-electron chi connectivity index (χ4n) is 2.60. The lowest BCUT2D eigenvalue weighted by Gasteiger charge is -2.42. The largest absolute Gasteiger partial charge is 0.385 e. The Kier molecular flexibility index (Phi) is 3.48. The van der Waals surface area contributed by atoms with Gasteiger partial charge >= 0.3 is 0 Å². The van der Waals surface area contributed by atoms with Gasteiger partial charge in [0.1, 0.15) is 11.4 Å². The maximum atomic E-state index is 6.22. The normalized spacial score (nSPS) is 28.1. The number of amidine groups is 1. The third kappa shape index (κ3) is 3.01. The minimum absolute atomic E-state index is 0.257. The predicted molar refractivity (Wildman–Crippen MR) is 71.3 cm³/mol. The van der Waals surface area contributed by atoms with Crippen LogP contribution in [0.15, 0.2) is 4.99 Å². The van der Waals surface area contributed by atoms with Crippen LogP contribution in [0.5, 0.6) is 0 Å². The molecule has 0 aromatic carbocycles. The molecule has 0 aliphatic heterocycles. The van der Waals surface area contributed by atoms with Gasteiger partial charge in [0.25, 0.3) is 0 Å². The first-order valence-corrected chi connectivity index (χ1v) is 6.95. The zero-order chi connectivity index (χ0) is 12.5. The van der Waals surface area contributed by atoms with Crippen LogP contribution in [0.3, 0.4) is 0 Å². The van der Waals surface area contributed by atoms with E-state index in [4.69, 9.17) is 10.5 Å². The lowest BCUT2D eigenvalue weighted by Crippen LogP contribution is -2.50. The molecule has 98 valence electrons. The van der Waals surface area contributed by atoms with Crippen molar-refractivity contribution in [3.63, 3.8) is 0 Å². The number of hydrogen-bond acceptors (Lipinski definition) is 2. The monoisotopic (exact) mass is 238 g/mol. The third-order valence-electron chi connectivity index (χ3n) is 4.17. The molecule has 3 nitrogen and oxygen atoms in total. The highest BCUT2D eigenvalue weighted by molar-refractivity contribution is 5.89. The van der Waals surface area contributed by atoms with Gasteiger partial charge in [0.05, 0.1) is 6.04 Å². The summed E-state index contributed by atoms with van der Waals surface area (Å²) < 4.78 is 6.00. The topological polar surface area (TPSA) is 47.6 Å². The molecule has 0 spiro atoms. The minimum atomic E-state index is -0.257. The SMILES string of the molecule is CCOC1(C(N)=NC2CC2)CCC(C)(C)CC1. The highest BCUT2D eigenvalue weighted by Gasteiger charge is 2.42. The van der Waals surface area contributed by atoms with Crippen LogP contribution in [0.25, 0.3) is 0 Å². The summed E-state index contributed by atoms with van der Waals surface area (Å²) in [6, 6.07) is 0.488. The molecule has 2 N–H and O–H groups in total. The van der Waals surface area contributed by atoms with E-state index in [-0.39, 0.29) is 5.60 Å². The summed E-state index contributed by atoms with van der Waals surface area (Å²) in [6.07, 6.45) is 6.80. The fourth-order valence-corrected chi connectivity index (χ4v) is 2.60.